The van der Waals surface area contributed by atoms with Gasteiger partial charge in [-0.2, -0.15) is 0 Å². The van der Waals surface area contributed by atoms with Gasteiger partial charge >= 0.3 is 0 Å². The molecule has 0 heterocycles. The minimum Gasteiger partial charge on any atom is -0.390 e. The van der Waals surface area contributed by atoms with Gasteiger partial charge in [-0.05, 0) is 12.3 Å². The van der Waals surface area contributed by atoms with E-state index in [-0.39, 0.29) is 18.1 Å². The molecule has 2 unspecified atom stereocenters. The summed E-state index contributed by atoms with van der Waals surface area (Å²) in [5.41, 5.74) is 0. The van der Waals surface area contributed by atoms with Gasteiger partial charge in [0.1, 0.15) is 0 Å². The Hall–Kier alpha value is -0.0800. The Balaban J connectivity index is 3.73. The highest BCUT2D eigenvalue weighted by Crippen LogP contribution is 2.15. The van der Waals surface area contributed by atoms with Crippen LogP contribution in [-0.4, -0.2) is 24.4 Å². The number of ether oxygens (including phenoxy) is 1. The summed E-state index contributed by atoms with van der Waals surface area (Å²) in [5.74, 6) is 0.284. The lowest BCUT2D eigenvalue weighted by Gasteiger charge is -2.24. The Labute approximate surface area is 82.3 Å². The molecular formula is C11H24O2. The summed E-state index contributed by atoms with van der Waals surface area (Å²) in [4.78, 5) is 0. The van der Waals surface area contributed by atoms with Gasteiger partial charge in [0.2, 0.25) is 0 Å². The lowest BCUT2D eigenvalue weighted by molar-refractivity contribution is -0.0389. The van der Waals surface area contributed by atoms with E-state index < -0.39 is 0 Å². The number of hydrogen-bond donors (Lipinski definition) is 1. The van der Waals surface area contributed by atoms with Crippen LogP contribution in [0.5, 0.6) is 0 Å². The fraction of sp³-hybridized carbons (Fsp3) is 1.00. The van der Waals surface area contributed by atoms with Crippen LogP contribution in [0.4, 0.5) is 0 Å². The van der Waals surface area contributed by atoms with Crippen LogP contribution in [0, 0.1) is 5.92 Å². The molecule has 0 rings (SSSR count). The summed E-state index contributed by atoms with van der Waals surface area (Å²) in [6.45, 7) is 6.23. The monoisotopic (exact) mass is 188 g/mol. The molecular weight excluding hydrogens is 164 g/mol. The van der Waals surface area contributed by atoms with Crippen molar-refractivity contribution >= 4 is 0 Å². The normalized spacial score (nSPS) is 16.2. The van der Waals surface area contributed by atoms with E-state index in [0.717, 1.165) is 12.8 Å². The highest BCUT2D eigenvalue weighted by atomic mass is 16.5. The molecule has 13 heavy (non-hydrogen) atoms. The number of unbranched alkanes of at least 4 members (excludes halogenated alkanes) is 2. The van der Waals surface area contributed by atoms with Crippen LogP contribution < -0.4 is 0 Å². The fourth-order valence-corrected chi connectivity index (χ4v) is 1.45. The first-order valence-electron chi connectivity index (χ1n) is 5.34. The minimum atomic E-state index is -0.318. The molecule has 0 saturated carbocycles. The Morgan fingerprint density at radius 2 is 1.85 bits per heavy atom. The number of rotatable bonds is 7. The average Bonchev–Trinajstić information content (AvgIpc) is 2.11. The Morgan fingerprint density at radius 3 is 2.23 bits per heavy atom. The third-order valence-corrected chi connectivity index (χ3v) is 2.46. The number of aliphatic hydroxyl groups excluding tert-OH is 1. The van der Waals surface area contributed by atoms with Crippen LogP contribution in [0.1, 0.15) is 46.5 Å². The Kier molecular flexibility index (Phi) is 7.29. The molecule has 0 aromatic carbocycles. The maximum absolute atomic E-state index is 9.76. The Morgan fingerprint density at radius 1 is 1.23 bits per heavy atom. The van der Waals surface area contributed by atoms with E-state index in [1.54, 1.807) is 7.11 Å². The van der Waals surface area contributed by atoms with Gasteiger partial charge in [-0.15, -0.1) is 0 Å². The number of hydrogen-bond acceptors (Lipinski definition) is 2. The predicted octanol–water partition coefficient (Wildman–Crippen LogP) is 2.60. The smallest absolute Gasteiger partial charge is 0.0832 e. The van der Waals surface area contributed by atoms with Crippen LogP contribution in [-0.2, 0) is 4.74 Å². The summed E-state index contributed by atoms with van der Waals surface area (Å²) in [7, 11) is 1.68. The zero-order chi connectivity index (χ0) is 10.3. The topological polar surface area (TPSA) is 29.5 Å². The van der Waals surface area contributed by atoms with Crippen molar-refractivity contribution < 1.29 is 9.84 Å². The third-order valence-electron chi connectivity index (χ3n) is 2.46. The van der Waals surface area contributed by atoms with Crippen LogP contribution in [0.3, 0.4) is 0 Å². The molecule has 0 spiro atoms. The summed E-state index contributed by atoms with van der Waals surface area (Å²) in [5, 5.41) is 9.76. The first-order valence-corrected chi connectivity index (χ1v) is 5.34. The van der Waals surface area contributed by atoms with Gasteiger partial charge in [0, 0.05) is 7.11 Å². The second-order valence-corrected chi connectivity index (χ2v) is 4.00. The molecule has 2 atom stereocenters. The van der Waals surface area contributed by atoms with Crippen LogP contribution in [0.2, 0.25) is 0 Å². The maximum Gasteiger partial charge on any atom is 0.0832 e. The molecule has 2 heteroatoms. The van der Waals surface area contributed by atoms with Gasteiger partial charge in [0.25, 0.3) is 0 Å². The molecule has 0 aliphatic heterocycles. The van der Waals surface area contributed by atoms with Crippen molar-refractivity contribution in [2.24, 2.45) is 5.92 Å². The van der Waals surface area contributed by atoms with Crippen molar-refractivity contribution in [1.29, 1.82) is 0 Å². The van der Waals surface area contributed by atoms with Gasteiger partial charge in [-0.3, -0.25) is 0 Å². The van der Waals surface area contributed by atoms with E-state index in [9.17, 15) is 5.11 Å². The summed E-state index contributed by atoms with van der Waals surface area (Å²) >= 11 is 0. The molecule has 2 nitrogen and oxygen atoms in total. The molecule has 0 aromatic rings. The van der Waals surface area contributed by atoms with Crippen molar-refractivity contribution in [3.8, 4) is 0 Å². The van der Waals surface area contributed by atoms with E-state index in [1.165, 1.54) is 12.8 Å². The molecule has 0 aliphatic rings. The third kappa shape index (κ3) is 5.27. The molecule has 0 amide bonds. The fourth-order valence-electron chi connectivity index (χ4n) is 1.45. The van der Waals surface area contributed by atoms with Crippen molar-refractivity contribution in [3.05, 3.63) is 0 Å². The first kappa shape index (κ1) is 12.9. The van der Waals surface area contributed by atoms with E-state index in [1.807, 2.05) is 13.8 Å². The van der Waals surface area contributed by atoms with E-state index >= 15 is 0 Å². The molecule has 80 valence electrons. The summed E-state index contributed by atoms with van der Waals surface area (Å²) in [6.07, 6.45) is 4.27. The van der Waals surface area contributed by atoms with Gasteiger partial charge in [-0.25, -0.2) is 0 Å². The summed E-state index contributed by atoms with van der Waals surface area (Å²) in [6, 6.07) is 0. The van der Waals surface area contributed by atoms with E-state index in [2.05, 4.69) is 6.92 Å². The predicted molar refractivity (Wildman–Crippen MR) is 55.8 cm³/mol. The lowest BCUT2D eigenvalue weighted by atomic mass is 9.97. The van der Waals surface area contributed by atoms with Crippen molar-refractivity contribution in [1.82, 2.24) is 0 Å². The van der Waals surface area contributed by atoms with Gasteiger partial charge in [-0.1, -0.05) is 40.0 Å². The van der Waals surface area contributed by atoms with E-state index in [4.69, 9.17) is 4.74 Å². The SMILES string of the molecule is CCCCCC(OC)C(O)C(C)C. The highest BCUT2D eigenvalue weighted by molar-refractivity contribution is 4.71. The quantitative estimate of drug-likeness (QED) is 0.622. The molecule has 0 radical (unpaired) electrons. The minimum absolute atomic E-state index is 0.0200. The largest absolute Gasteiger partial charge is 0.390 e. The van der Waals surface area contributed by atoms with Gasteiger partial charge < -0.3 is 9.84 Å². The standard InChI is InChI=1S/C11H24O2/c1-5-6-7-8-10(13-4)11(12)9(2)3/h9-12H,5-8H2,1-4H3. The maximum atomic E-state index is 9.76. The van der Waals surface area contributed by atoms with Gasteiger partial charge in [0.05, 0.1) is 12.2 Å². The molecule has 0 aliphatic carbocycles. The first-order chi connectivity index (χ1) is 6.13. The average molecular weight is 188 g/mol. The molecule has 0 saturated heterocycles. The molecule has 0 fully saturated rings. The van der Waals surface area contributed by atoms with Crippen molar-refractivity contribution in [2.45, 2.75) is 58.7 Å². The van der Waals surface area contributed by atoms with Crippen molar-refractivity contribution in [3.63, 3.8) is 0 Å². The molecule has 0 bridgehead atoms. The zero-order valence-corrected chi connectivity index (χ0v) is 9.42. The van der Waals surface area contributed by atoms with Crippen molar-refractivity contribution in [2.75, 3.05) is 7.11 Å². The van der Waals surface area contributed by atoms with E-state index in [0.29, 0.717) is 0 Å². The van der Waals surface area contributed by atoms with Crippen LogP contribution in [0.15, 0.2) is 0 Å². The number of aliphatic hydroxyl groups is 1. The second-order valence-electron chi connectivity index (χ2n) is 4.00. The molecule has 0 aromatic heterocycles. The Bertz CT molecular complexity index is 113. The van der Waals surface area contributed by atoms with Crippen LogP contribution >= 0.6 is 0 Å². The number of methoxy groups -OCH3 is 1. The molecule has 1 N–H and O–H groups in total. The summed E-state index contributed by atoms with van der Waals surface area (Å²) < 4.78 is 5.27. The van der Waals surface area contributed by atoms with Gasteiger partial charge in [0.15, 0.2) is 0 Å². The van der Waals surface area contributed by atoms with Crippen LogP contribution in [0.25, 0.3) is 0 Å². The lowest BCUT2D eigenvalue weighted by Crippen LogP contribution is -2.32. The second kappa shape index (κ2) is 7.34. The highest BCUT2D eigenvalue weighted by Gasteiger charge is 2.20. The zero-order valence-electron chi connectivity index (χ0n) is 9.42.